The first-order valence-corrected chi connectivity index (χ1v) is 3.38. The topological polar surface area (TPSA) is 49.3 Å². The van der Waals surface area contributed by atoms with E-state index < -0.39 is 0 Å². The molecular formula is C8H7NO2. The van der Waals surface area contributed by atoms with Gasteiger partial charge in [0.05, 0.1) is 5.56 Å². The van der Waals surface area contributed by atoms with Gasteiger partial charge in [0.2, 0.25) is 0 Å². The molecule has 11 heavy (non-hydrogen) atoms. The van der Waals surface area contributed by atoms with E-state index in [0.717, 1.165) is 5.56 Å². The summed E-state index contributed by atoms with van der Waals surface area (Å²) in [6, 6.07) is 5.07. The molecule has 56 valence electrons. The van der Waals surface area contributed by atoms with Crippen LogP contribution in [0.3, 0.4) is 0 Å². The van der Waals surface area contributed by atoms with Gasteiger partial charge >= 0.3 is 0 Å². The summed E-state index contributed by atoms with van der Waals surface area (Å²) in [6.07, 6.45) is 0. The van der Waals surface area contributed by atoms with E-state index >= 15 is 0 Å². The highest BCUT2D eigenvalue weighted by Gasteiger charge is 2.21. The number of phenolic OH excluding ortho intramolecular Hbond substituents is 1. The lowest BCUT2D eigenvalue weighted by Crippen LogP contribution is -2.12. The van der Waals surface area contributed by atoms with Crippen molar-refractivity contribution < 1.29 is 9.90 Å². The van der Waals surface area contributed by atoms with Crippen molar-refractivity contribution in [2.24, 2.45) is 0 Å². The predicted octanol–water partition coefficient (Wildman–Crippen LogP) is 0.636. The van der Waals surface area contributed by atoms with Crippen LogP contribution in [-0.2, 0) is 6.54 Å². The van der Waals surface area contributed by atoms with Crippen molar-refractivity contribution in [1.29, 1.82) is 0 Å². The van der Waals surface area contributed by atoms with Gasteiger partial charge in [-0.1, -0.05) is 12.1 Å². The van der Waals surface area contributed by atoms with E-state index in [1.165, 1.54) is 6.07 Å². The fourth-order valence-corrected chi connectivity index (χ4v) is 1.26. The Hall–Kier alpha value is -1.51. The molecule has 1 aliphatic heterocycles. The molecule has 1 heterocycles. The van der Waals surface area contributed by atoms with Crippen molar-refractivity contribution in [3.63, 3.8) is 0 Å². The minimum absolute atomic E-state index is 0.0671. The second-order valence-electron chi connectivity index (χ2n) is 2.49. The number of nitrogens with one attached hydrogen (secondary N) is 1. The van der Waals surface area contributed by atoms with Crippen molar-refractivity contribution in [2.45, 2.75) is 6.54 Å². The molecule has 2 rings (SSSR count). The first-order chi connectivity index (χ1) is 5.29. The van der Waals surface area contributed by atoms with Gasteiger partial charge in [-0.3, -0.25) is 4.79 Å². The minimum Gasteiger partial charge on any atom is -0.507 e. The van der Waals surface area contributed by atoms with E-state index in [4.69, 9.17) is 0 Å². The largest absolute Gasteiger partial charge is 0.507 e. The number of amides is 1. The van der Waals surface area contributed by atoms with Crippen LogP contribution >= 0.6 is 0 Å². The lowest BCUT2D eigenvalue weighted by Gasteiger charge is -1.96. The molecular weight excluding hydrogens is 142 g/mol. The molecule has 0 saturated heterocycles. The molecule has 1 aromatic carbocycles. The summed E-state index contributed by atoms with van der Waals surface area (Å²) >= 11 is 0. The first kappa shape index (κ1) is 6.22. The maximum absolute atomic E-state index is 11.0. The van der Waals surface area contributed by atoms with Crippen LogP contribution in [0, 0.1) is 0 Å². The molecule has 0 unspecified atom stereocenters. The fraction of sp³-hybridized carbons (Fsp3) is 0.125. The van der Waals surface area contributed by atoms with E-state index in [1.807, 2.05) is 6.07 Å². The second-order valence-corrected chi connectivity index (χ2v) is 2.49. The quantitative estimate of drug-likeness (QED) is 0.568. The van der Waals surface area contributed by atoms with Crippen LogP contribution in [0.5, 0.6) is 5.75 Å². The number of hydrogen-bond acceptors (Lipinski definition) is 2. The third-order valence-corrected chi connectivity index (χ3v) is 1.80. The van der Waals surface area contributed by atoms with E-state index in [2.05, 4.69) is 5.32 Å². The summed E-state index contributed by atoms with van der Waals surface area (Å²) in [5.41, 5.74) is 1.29. The number of aromatic hydroxyl groups is 1. The molecule has 0 fully saturated rings. The van der Waals surface area contributed by atoms with Crippen LogP contribution in [0.1, 0.15) is 15.9 Å². The summed E-state index contributed by atoms with van der Waals surface area (Å²) in [7, 11) is 0. The number of phenols is 1. The Morgan fingerprint density at radius 1 is 1.45 bits per heavy atom. The first-order valence-electron chi connectivity index (χ1n) is 3.38. The van der Waals surface area contributed by atoms with Gasteiger partial charge in [-0.2, -0.15) is 0 Å². The van der Waals surface area contributed by atoms with Crippen LogP contribution < -0.4 is 5.32 Å². The van der Waals surface area contributed by atoms with Gasteiger partial charge in [0.1, 0.15) is 5.75 Å². The van der Waals surface area contributed by atoms with Crippen molar-refractivity contribution in [3.05, 3.63) is 29.3 Å². The minimum atomic E-state index is -0.182. The number of benzene rings is 1. The van der Waals surface area contributed by atoms with Gasteiger partial charge < -0.3 is 10.4 Å². The summed E-state index contributed by atoms with van der Waals surface area (Å²) in [5, 5.41) is 11.9. The van der Waals surface area contributed by atoms with Crippen molar-refractivity contribution in [2.75, 3.05) is 0 Å². The molecule has 0 bridgehead atoms. The Balaban J connectivity index is 2.68. The Kier molecular flexibility index (Phi) is 1.12. The van der Waals surface area contributed by atoms with E-state index in [0.29, 0.717) is 12.1 Å². The summed E-state index contributed by atoms with van der Waals surface area (Å²) in [5.74, 6) is -0.115. The normalized spacial score (nSPS) is 14.4. The van der Waals surface area contributed by atoms with Gasteiger partial charge in [-0.15, -0.1) is 0 Å². The standard InChI is InChI=1S/C8H7NO2/c10-6-3-1-2-5-4-9-8(11)7(5)6/h1-3,10H,4H2,(H,9,11). The number of carbonyl (C=O) groups excluding carboxylic acids is 1. The molecule has 1 aromatic rings. The average molecular weight is 149 g/mol. The molecule has 0 atom stereocenters. The molecule has 0 aliphatic carbocycles. The lowest BCUT2D eigenvalue weighted by molar-refractivity contribution is 0.0963. The smallest absolute Gasteiger partial charge is 0.255 e. The van der Waals surface area contributed by atoms with E-state index in [-0.39, 0.29) is 11.7 Å². The van der Waals surface area contributed by atoms with Crippen LogP contribution in [0.25, 0.3) is 0 Å². The summed E-state index contributed by atoms with van der Waals surface area (Å²) < 4.78 is 0. The Morgan fingerprint density at radius 3 is 3.00 bits per heavy atom. The van der Waals surface area contributed by atoms with Crippen LogP contribution in [0.4, 0.5) is 0 Å². The lowest BCUT2D eigenvalue weighted by atomic mass is 10.1. The van der Waals surface area contributed by atoms with Crippen molar-refractivity contribution in [1.82, 2.24) is 5.32 Å². The number of fused-ring (bicyclic) bond motifs is 1. The Bertz CT molecular complexity index is 320. The van der Waals surface area contributed by atoms with E-state index in [9.17, 15) is 9.90 Å². The zero-order valence-corrected chi connectivity index (χ0v) is 5.79. The Morgan fingerprint density at radius 2 is 2.27 bits per heavy atom. The average Bonchev–Trinajstić information content (AvgIpc) is 2.34. The van der Waals surface area contributed by atoms with Crippen LogP contribution in [0.15, 0.2) is 18.2 Å². The highest BCUT2D eigenvalue weighted by molar-refractivity contribution is 6.00. The molecule has 0 saturated carbocycles. The molecule has 2 N–H and O–H groups in total. The maximum atomic E-state index is 11.0. The zero-order valence-electron chi connectivity index (χ0n) is 5.79. The zero-order chi connectivity index (χ0) is 7.84. The molecule has 1 amide bonds. The Labute approximate surface area is 63.7 Å². The van der Waals surface area contributed by atoms with Gasteiger partial charge in [0.25, 0.3) is 5.91 Å². The second kappa shape index (κ2) is 1.99. The van der Waals surface area contributed by atoms with Crippen molar-refractivity contribution >= 4 is 5.91 Å². The van der Waals surface area contributed by atoms with Gasteiger partial charge in [0, 0.05) is 6.54 Å². The third kappa shape index (κ3) is 0.774. The van der Waals surface area contributed by atoms with Gasteiger partial charge in [-0.25, -0.2) is 0 Å². The van der Waals surface area contributed by atoms with Crippen molar-refractivity contribution in [3.8, 4) is 5.75 Å². The monoisotopic (exact) mass is 149 g/mol. The fourth-order valence-electron chi connectivity index (χ4n) is 1.26. The number of rotatable bonds is 0. The van der Waals surface area contributed by atoms with Gasteiger partial charge in [-0.05, 0) is 11.6 Å². The number of carbonyl (C=O) groups is 1. The summed E-state index contributed by atoms with van der Waals surface area (Å²) in [6.45, 7) is 0.530. The maximum Gasteiger partial charge on any atom is 0.255 e. The molecule has 3 heteroatoms. The molecule has 3 nitrogen and oxygen atoms in total. The number of hydrogen-bond donors (Lipinski definition) is 2. The highest BCUT2D eigenvalue weighted by Crippen LogP contribution is 2.24. The molecule has 0 aromatic heterocycles. The molecule has 1 aliphatic rings. The SMILES string of the molecule is O=C1NCc2cccc(O)c21. The highest BCUT2D eigenvalue weighted by atomic mass is 16.3. The van der Waals surface area contributed by atoms with E-state index in [1.54, 1.807) is 6.07 Å². The molecule has 0 radical (unpaired) electrons. The van der Waals surface area contributed by atoms with Crippen LogP contribution in [0.2, 0.25) is 0 Å². The van der Waals surface area contributed by atoms with Gasteiger partial charge in [0.15, 0.2) is 0 Å². The predicted molar refractivity (Wildman–Crippen MR) is 39.3 cm³/mol. The summed E-state index contributed by atoms with van der Waals surface area (Å²) in [4.78, 5) is 11.0. The molecule has 0 spiro atoms. The third-order valence-electron chi connectivity index (χ3n) is 1.80. The van der Waals surface area contributed by atoms with Crippen LogP contribution in [-0.4, -0.2) is 11.0 Å².